The number of para-hydroxylation sites is 4. The normalized spacial score (nSPS) is 11.8. The van der Waals surface area contributed by atoms with Gasteiger partial charge in [0, 0.05) is 66.1 Å². The van der Waals surface area contributed by atoms with Gasteiger partial charge in [-0.3, -0.25) is 0 Å². The van der Waals surface area contributed by atoms with E-state index in [0.717, 1.165) is 99.2 Å². The van der Waals surface area contributed by atoms with Crippen molar-refractivity contribution in [1.82, 2.24) is 28.7 Å². The van der Waals surface area contributed by atoms with E-state index in [2.05, 4.69) is 141 Å². The van der Waals surface area contributed by atoms with Gasteiger partial charge in [0.1, 0.15) is 5.82 Å². The second-order valence-corrected chi connectivity index (χ2v) is 16.1. The van der Waals surface area contributed by atoms with Crippen LogP contribution in [-0.4, -0.2) is 28.7 Å². The van der Waals surface area contributed by atoms with Crippen molar-refractivity contribution in [1.29, 1.82) is 0 Å². The van der Waals surface area contributed by atoms with E-state index in [9.17, 15) is 4.39 Å². The molecule has 6 nitrogen and oxygen atoms in total. The van der Waals surface area contributed by atoms with Crippen LogP contribution in [0.5, 0.6) is 0 Å². The number of fused-ring (bicyclic) bond motifs is 12. The largest absolute Gasteiger partial charge is 0.308 e. The highest BCUT2D eigenvalue weighted by Gasteiger charge is 2.28. The molecule has 13 aromatic rings. The van der Waals surface area contributed by atoms with Crippen molar-refractivity contribution in [2.24, 2.45) is 0 Å². The number of rotatable bonds is 6. The van der Waals surface area contributed by atoms with Gasteiger partial charge in [0.2, 0.25) is 0 Å². The van der Waals surface area contributed by atoms with Crippen LogP contribution in [0.1, 0.15) is 0 Å². The van der Waals surface area contributed by atoms with Crippen molar-refractivity contribution < 1.29 is 4.39 Å². The van der Waals surface area contributed by atoms with E-state index in [1.807, 2.05) is 72.8 Å². The number of hydrogen-bond acceptors (Lipinski definition) is 3. The van der Waals surface area contributed by atoms with Gasteiger partial charge in [0.05, 0.1) is 33.1 Å². The zero-order chi connectivity index (χ0) is 42.3. The van der Waals surface area contributed by atoms with Crippen molar-refractivity contribution >= 4 is 65.4 Å². The summed E-state index contributed by atoms with van der Waals surface area (Å²) in [6.45, 7) is 0. The van der Waals surface area contributed by atoms with Gasteiger partial charge in [-0.2, -0.15) is 0 Å². The Labute approximate surface area is 366 Å². The average Bonchev–Trinajstić information content (AvgIpc) is 4.01. The first-order valence-corrected chi connectivity index (χ1v) is 21.4. The molecule has 0 aliphatic rings. The lowest BCUT2D eigenvalue weighted by molar-refractivity contribution is 0.627. The SMILES string of the molecule is Fc1ccc(-n2c3ccccc3c3c4c(c5ccccc5n4-c4ccccc4)c4c(c5ccccc5n4-c4ccc(-c5nc(-c6ccccc6)nc(-c6ccccc6)n5)cc4)c32)cc1. The Morgan fingerprint density at radius 1 is 0.281 bits per heavy atom. The van der Waals surface area contributed by atoms with Crippen LogP contribution in [0.4, 0.5) is 4.39 Å². The molecule has 0 spiro atoms. The molecule has 0 radical (unpaired) electrons. The van der Waals surface area contributed by atoms with Gasteiger partial charge in [0.25, 0.3) is 0 Å². The van der Waals surface area contributed by atoms with E-state index < -0.39 is 0 Å². The molecule has 300 valence electrons. The maximum Gasteiger partial charge on any atom is 0.164 e. The molecule has 9 aromatic carbocycles. The molecule has 0 saturated heterocycles. The Hall–Kier alpha value is -8.68. The Morgan fingerprint density at radius 2 is 0.578 bits per heavy atom. The maximum absolute atomic E-state index is 14.7. The summed E-state index contributed by atoms with van der Waals surface area (Å²) in [5.41, 5.74) is 12.2. The van der Waals surface area contributed by atoms with Crippen LogP contribution in [0.2, 0.25) is 0 Å². The van der Waals surface area contributed by atoms with E-state index in [4.69, 9.17) is 15.0 Å². The maximum atomic E-state index is 14.7. The summed E-state index contributed by atoms with van der Waals surface area (Å²) in [4.78, 5) is 15.0. The minimum absolute atomic E-state index is 0.272. The van der Waals surface area contributed by atoms with Gasteiger partial charge in [-0.1, -0.05) is 133 Å². The molecule has 0 fully saturated rings. The summed E-state index contributed by atoms with van der Waals surface area (Å²) >= 11 is 0. The first-order chi connectivity index (χ1) is 31.7. The molecule has 0 aliphatic heterocycles. The van der Waals surface area contributed by atoms with Crippen molar-refractivity contribution in [3.8, 4) is 51.2 Å². The topological polar surface area (TPSA) is 53.5 Å². The van der Waals surface area contributed by atoms with Crippen LogP contribution >= 0.6 is 0 Å². The molecular formula is C57H35FN6. The van der Waals surface area contributed by atoms with Crippen LogP contribution in [0.15, 0.2) is 212 Å². The van der Waals surface area contributed by atoms with E-state index >= 15 is 0 Å². The summed E-state index contributed by atoms with van der Waals surface area (Å²) in [5, 5.41) is 6.81. The minimum atomic E-state index is -0.272. The molecule has 0 unspecified atom stereocenters. The highest BCUT2D eigenvalue weighted by molar-refractivity contribution is 6.40. The Balaban J connectivity index is 1.16. The molecule has 0 saturated carbocycles. The van der Waals surface area contributed by atoms with Crippen LogP contribution < -0.4 is 0 Å². The molecule has 0 amide bonds. The Kier molecular flexibility index (Phi) is 7.99. The quantitative estimate of drug-likeness (QED) is 0.168. The predicted octanol–water partition coefficient (Wildman–Crippen LogP) is 14.3. The number of benzene rings is 9. The van der Waals surface area contributed by atoms with Crippen molar-refractivity contribution in [2.45, 2.75) is 0 Å². The molecule has 0 N–H and O–H groups in total. The van der Waals surface area contributed by atoms with E-state index in [-0.39, 0.29) is 5.82 Å². The lowest BCUT2D eigenvalue weighted by Crippen LogP contribution is -2.00. The molecule has 0 aliphatic carbocycles. The minimum Gasteiger partial charge on any atom is -0.308 e. The zero-order valence-electron chi connectivity index (χ0n) is 34.3. The third-order valence-electron chi connectivity index (χ3n) is 12.5. The fourth-order valence-electron chi connectivity index (χ4n) is 9.82. The first kappa shape index (κ1) is 36.0. The van der Waals surface area contributed by atoms with Crippen LogP contribution in [0, 0.1) is 5.82 Å². The van der Waals surface area contributed by atoms with E-state index in [1.54, 1.807) is 12.1 Å². The molecule has 7 heteroatoms. The summed E-state index contributed by atoms with van der Waals surface area (Å²) in [7, 11) is 0. The molecule has 0 bridgehead atoms. The Bertz CT molecular complexity index is 3870. The second kappa shape index (κ2) is 14.2. The van der Waals surface area contributed by atoms with Gasteiger partial charge in [0.15, 0.2) is 17.5 Å². The summed E-state index contributed by atoms with van der Waals surface area (Å²) in [5.74, 6) is 1.56. The molecule has 4 aromatic heterocycles. The van der Waals surface area contributed by atoms with Crippen molar-refractivity contribution in [3.63, 3.8) is 0 Å². The molecule has 0 atom stereocenters. The van der Waals surface area contributed by atoms with E-state index in [0.29, 0.717) is 17.5 Å². The molecule has 13 rings (SSSR count). The van der Waals surface area contributed by atoms with Crippen molar-refractivity contribution in [2.75, 3.05) is 0 Å². The third kappa shape index (κ3) is 5.41. The van der Waals surface area contributed by atoms with E-state index in [1.165, 1.54) is 0 Å². The number of aromatic nitrogens is 6. The van der Waals surface area contributed by atoms with Gasteiger partial charge in [-0.15, -0.1) is 0 Å². The van der Waals surface area contributed by atoms with Gasteiger partial charge in [-0.05, 0) is 78.9 Å². The zero-order valence-corrected chi connectivity index (χ0v) is 34.3. The van der Waals surface area contributed by atoms with Crippen LogP contribution in [0.25, 0.3) is 117 Å². The van der Waals surface area contributed by atoms with Gasteiger partial charge in [-0.25, -0.2) is 19.3 Å². The highest BCUT2D eigenvalue weighted by Crippen LogP contribution is 2.50. The number of nitrogens with zero attached hydrogens (tertiary/aromatic N) is 6. The number of hydrogen-bond donors (Lipinski definition) is 0. The molecular weight excluding hydrogens is 788 g/mol. The first-order valence-electron chi connectivity index (χ1n) is 21.4. The average molecular weight is 823 g/mol. The molecule has 64 heavy (non-hydrogen) atoms. The predicted molar refractivity (Wildman–Crippen MR) is 259 cm³/mol. The van der Waals surface area contributed by atoms with Crippen molar-refractivity contribution in [3.05, 3.63) is 218 Å². The van der Waals surface area contributed by atoms with Gasteiger partial charge >= 0.3 is 0 Å². The third-order valence-corrected chi connectivity index (χ3v) is 12.5. The summed E-state index contributed by atoms with van der Waals surface area (Å²) < 4.78 is 21.9. The van der Waals surface area contributed by atoms with Crippen LogP contribution in [-0.2, 0) is 0 Å². The molecule has 4 heterocycles. The second-order valence-electron chi connectivity index (χ2n) is 16.1. The smallest absolute Gasteiger partial charge is 0.164 e. The lowest BCUT2D eigenvalue weighted by Gasteiger charge is -2.14. The lowest BCUT2D eigenvalue weighted by atomic mass is 10.0. The summed E-state index contributed by atoms with van der Waals surface area (Å²) in [6.07, 6.45) is 0. The Morgan fingerprint density at radius 3 is 0.969 bits per heavy atom. The standard InChI is InChI=1S/C57H35FN6/c58-39-30-34-42(35-31-39)64-48-27-15-12-24-45(48)50-52-49(43-22-10-13-25-46(43)62(52)40-20-8-3-9-21-40)53-51(54(50)64)44-23-11-14-26-47(44)63(53)41-32-28-38(29-33-41)57-60-55(36-16-4-1-5-17-36)59-56(61-57)37-18-6-2-7-19-37/h1-35H. The monoisotopic (exact) mass is 822 g/mol. The highest BCUT2D eigenvalue weighted by atomic mass is 19.1. The number of halogens is 1. The summed E-state index contributed by atoms with van der Waals surface area (Å²) in [6, 6.07) is 72.3. The fraction of sp³-hybridized carbons (Fsp3) is 0. The fourth-order valence-corrected chi connectivity index (χ4v) is 9.82. The van der Waals surface area contributed by atoms with Crippen LogP contribution in [0.3, 0.4) is 0 Å². The van der Waals surface area contributed by atoms with Gasteiger partial charge < -0.3 is 13.7 Å².